The molecule has 0 saturated carbocycles. The summed E-state index contributed by atoms with van der Waals surface area (Å²) in [6, 6.07) is -0.512. The van der Waals surface area contributed by atoms with Gasteiger partial charge >= 0.3 is 6.09 Å². The zero-order valence-corrected chi connectivity index (χ0v) is 15.3. The topological polar surface area (TPSA) is 114 Å². The summed E-state index contributed by atoms with van der Waals surface area (Å²) in [5, 5.41) is 5.78. The molecule has 0 unspecified atom stereocenters. The van der Waals surface area contributed by atoms with E-state index in [4.69, 9.17) is 10.5 Å². The van der Waals surface area contributed by atoms with E-state index in [1.54, 1.807) is 20.8 Å². The molecule has 1 saturated heterocycles. The standard InChI is InChI=1S/C16H30N4O4/c1-15(2,3)24-14(23)18-10-16(4,5)19-9-12(21)20-8-6-7-11(20)13(17)22/h11,19H,6-10H2,1-5H3,(H2,17,22)(H,18,23)/t11-/m0/s1. The van der Waals surface area contributed by atoms with Crippen molar-refractivity contribution < 1.29 is 19.1 Å². The molecule has 1 fully saturated rings. The third kappa shape index (κ3) is 6.74. The summed E-state index contributed by atoms with van der Waals surface area (Å²) in [4.78, 5) is 36.8. The number of nitrogens with zero attached hydrogens (tertiary/aromatic N) is 1. The third-order valence-electron chi connectivity index (χ3n) is 3.69. The molecule has 0 spiro atoms. The van der Waals surface area contributed by atoms with Gasteiger partial charge in [0, 0.05) is 18.6 Å². The normalized spacial score (nSPS) is 18.4. The number of nitrogens with two attached hydrogens (primary N) is 1. The minimum atomic E-state index is -0.558. The van der Waals surface area contributed by atoms with E-state index < -0.39 is 29.2 Å². The quantitative estimate of drug-likeness (QED) is 0.645. The summed E-state index contributed by atoms with van der Waals surface area (Å²) < 4.78 is 5.18. The van der Waals surface area contributed by atoms with Gasteiger partial charge in [0.15, 0.2) is 0 Å². The Labute approximate surface area is 143 Å². The molecule has 8 nitrogen and oxygen atoms in total. The Morgan fingerprint density at radius 2 is 1.83 bits per heavy atom. The van der Waals surface area contributed by atoms with Gasteiger partial charge in [-0.25, -0.2) is 4.79 Å². The van der Waals surface area contributed by atoms with Gasteiger partial charge in [0.25, 0.3) is 0 Å². The summed E-state index contributed by atoms with van der Waals surface area (Å²) in [5.41, 5.74) is 4.26. The first-order chi connectivity index (χ1) is 10.9. The molecule has 4 N–H and O–H groups in total. The van der Waals surface area contributed by atoms with Gasteiger partial charge in [-0.05, 0) is 47.5 Å². The van der Waals surface area contributed by atoms with Crippen molar-refractivity contribution in [1.29, 1.82) is 0 Å². The van der Waals surface area contributed by atoms with E-state index >= 15 is 0 Å². The molecular formula is C16H30N4O4. The average molecular weight is 342 g/mol. The van der Waals surface area contributed by atoms with Gasteiger partial charge in [0.05, 0.1) is 6.54 Å². The number of carbonyl (C=O) groups excluding carboxylic acids is 3. The Bertz CT molecular complexity index is 485. The Morgan fingerprint density at radius 3 is 2.38 bits per heavy atom. The van der Waals surface area contributed by atoms with Crippen LogP contribution in [0.3, 0.4) is 0 Å². The van der Waals surface area contributed by atoms with Crippen LogP contribution in [0.5, 0.6) is 0 Å². The molecule has 0 aromatic carbocycles. The van der Waals surface area contributed by atoms with Crippen molar-refractivity contribution in [3.8, 4) is 0 Å². The number of likely N-dealkylation sites (tertiary alicyclic amines) is 1. The highest BCUT2D eigenvalue weighted by Crippen LogP contribution is 2.17. The van der Waals surface area contributed by atoms with Crippen LogP contribution in [0.25, 0.3) is 0 Å². The van der Waals surface area contributed by atoms with E-state index in [-0.39, 0.29) is 12.5 Å². The first-order valence-electron chi connectivity index (χ1n) is 8.22. The molecule has 1 heterocycles. The highest BCUT2D eigenvalue weighted by Gasteiger charge is 2.33. The van der Waals surface area contributed by atoms with Gasteiger partial charge < -0.3 is 26.0 Å². The largest absolute Gasteiger partial charge is 0.444 e. The van der Waals surface area contributed by atoms with Crippen LogP contribution in [0.4, 0.5) is 4.79 Å². The van der Waals surface area contributed by atoms with E-state index in [0.29, 0.717) is 19.5 Å². The van der Waals surface area contributed by atoms with E-state index in [9.17, 15) is 14.4 Å². The van der Waals surface area contributed by atoms with Crippen molar-refractivity contribution in [2.45, 2.75) is 64.6 Å². The molecule has 3 amide bonds. The van der Waals surface area contributed by atoms with Crippen LogP contribution in [0.1, 0.15) is 47.5 Å². The molecular weight excluding hydrogens is 312 g/mol. The number of primary amides is 1. The van der Waals surface area contributed by atoms with Crippen LogP contribution in [0.2, 0.25) is 0 Å². The molecule has 0 aromatic rings. The lowest BCUT2D eigenvalue weighted by Gasteiger charge is -2.29. The monoisotopic (exact) mass is 342 g/mol. The number of hydrogen-bond acceptors (Lipinski definition) is 5. The van der Waals surface area contributed by atoms with Gasteiger partial charge in [-0.2, -0.15) is 0 Å². The van der Waals surface area contributed by atoms with Crippen LogP contribution < -0.4 is 16.4 Å². The lowest BCUT2D eigenvalue weighted by atomic mass is 10.1. The Kier molecular flexibility index (Phi) is 6.59. The zero-order valence-electron chi connectivity index (χ0n) is 15.3. The second kappa shape index (κ2) is 7.83. The molecule has 8 heteroatoms. The summed E-state index contributed by atoms with van der Waals surface area (Å²) in [5.74, 6) is -0.631. The highest BCUT2D eigenvalue weighted by molar-refractivity contribution is 5.88. The second-order valence-electron chi connectivity index (χ2n) is 7.74. The van der Waals surface area contributed by atoms with Crippen molar-refractivity contribution >= 4 is 17.9 Å². The molecule has 0 radical (unpaired) electrons. The molecule has 1 rings (SSSR count). The minimum Gasteiger partial charge on any atom is -0.444 e. The maximum atomic E-state index is 12.3. The third-order valence-corrected chi connectivity index (χ3v) is 3.69. The molecule has 1 aliphatic heterocycles. The van der Waals surface area contributed by atoms with Crippen molar-refractivity contribution in [2.24, 2.45) is 5.73 Å². The number of carbonyl (C=O) groups is 3. The van der Waals surface area contributed by atoms with Gasteiger partial charge in [0.1, 0.15) is 11.6 Å². The van der Waals surface area contributed by atoms with E-state index in [1.165, 1.54) is 4.90 Å². The fraction of sp³-hybridized carbons (Fsp3) is 0.812. The van der Waals surface area contributed by atoms with Crippen LogP contribution in [0.15, 0.2) is 0 Å². The molecule has 138 valence electrons. The number of ether oxygens (including phenoxy) is 1. The minimum absolute atomic E-state index is 0.0762. The molecule has 1 aliphatic rings. The van der Waals surface area contributed by atoms with E-state index in [2.05, 4.69) is 10.6 Å². The van der Waals surface area contributed by atoms with Gasteiger partial charge in [0.2, 0.25) is 11.8 Å². The Hall–Kier alpha value is -1.83. The van der Waals surface area contributed by atoms with E-state index in [0.717, 1.165) is 6.42 Å². The molecule has 1 atom stereocenters. The number of amides is 3. The zero-order chi connectivity index (χ0) is 18.5. The molecule has 24 heavy (non-hydrogen) atoms. The number of nitrogens with one attached hydrogen (secondary N) is 2. The van der Waals surface area contributed by atoms with Crippen molar-refractivity contribution in [3.05, 3.63) is 0 Å². The molecule has 0 aromatic heterocycles. The smallest absolute Gasteiger partial charge is 0.407 e. The second-order valence-corrected chi connectivity index (χ2v) is 7.74. The predicted octanol–water partition coefficient (Wildman–Crippen LogP) is 0.356. The summed E-state index contributed by atoms with van der Waals surface area (Å²) in [7, 11) is 0. The average Bonchev–Trinajstić information content (AvgIpc) is 2.90. The summed E-state index contributed by atoms with van der Waals surface area (Å²) in [6.45, 7) is 10.0. The Balaban J connectivity index is 2.43. The first kappa shape index (κ1) is 20.2. The number of rotatable bonds is 6. The summed E-state index contributed by atoms with van der Waals surface area (Å²) in [6.07, 6.45) is 0.894. The SMILES string of the molecule is CC(C)(CNC(=O)OC(C)(C)C)NCC(=O)N1CCC[C@H]1C(N)=O. The first-order valence-corrected chi connectivity index (χ1v) is 8.22. The lowest BCUT2D eigenvalue weighted by Crippen LogP contribution is -2.54. The highest BCUT2D eigenvalue weighted by atomic mass is 16.6. The maximum absolute atomic E-state index is 12.3. The molecule has 0 aliphatic carbocycles. The predicted molar refractivity (Wildman–Crippen MR) is 90.2 cm³/mol. The van der Waals surface area contributed by atoms with Crippen LogP contribution in [-0.2, 0) is 14.3 Å². The van der Waals surface area contributed by atoms with Crippen LogP contribution in [0, 0.1) is 0 Å². The number of alkyl carbamates (subject to hydrolysis) is 1. The lowest BCUT2D eigenvalue weighted by molar-refractivity contribution is -0.136. The van der Waals surface area contributed by atoms with Crippen molar-refractivity contribution in [3.63, 3.8) is 0 Å². The van der Waals surface area contributed by atoms with Gasteiger partial charge in [-0.15, -0.1) is 0 Å². The number of hydrogen-bond donors (Lipinski definition) is 3. The molecule has 0 bridgehead atoms. The van der Waals surface area contributed by atoms with Gasteiger partial charge in [-0.3, -0.25) is 9.59 Å². The van der Waals surface area contributed by atoms with E-state index in [1.807, 2.05) is 13.8 Å². The summed E-state index contributed by atoms with van der Waals surface area (Å²) >= 11 is 0. The van der Waals surface area contributed by atoms with Crippen molar-refractivity contribution in [1.82, 2.24) is 15.5 Å². The maximum Gasteiger partial charge on any atom is 0.407 e. The fourth-order valence-electron chi connectivity index (χ4n) is 2.45. The van der Waals surface area contributed by atoms with Gasteiger partial charge in [-0.1, -0.05) is 0 Å². The fourth-order valence-corrected chi connectivity index (χ4v) is 2.45. The van der Waals surface area contributed by atoms with Crippen LogP contribution >= 0.6 is 0 Å². The Morgan fingerprint density at radius 1 is 1.21 bits per heavy atom. The van der Waals surface area contributed by atoms with Crippen LogP contribution in [-0.4, -0.2) is 59.6 Å². The van der Waals surface area contributed by atoms with Crippen molar-refractivity contribution in [2.75, 3.05) is 19.6 Å².